The van der Waals surface area contributed by atoms with E-state index < -0.39 is 11.7 Å². The first-order chi connectivity index (χ1) is 14.4. The number of thiophene rings is 1. The number of rotatable bonds is 3. The molecule has 3 aliphatic rings. The third-order valence-corrected chi connectivity index (χ3v) is 6.92. The van der Waals surface area contributed by atoms with Gasteiger partial charge in [0.1, 0.15) is 5.71 Å². The van der Waals surface area contributed by atoms with Crippen LogP contribution in [-0.4, -0.2) is 18.8 Å². The number of nitrogens with zero attached hydrogens (tertiary/aromatic N) is 3. The summed E-state index contributed by atoms with van der Waals surface area (Å²) in [7, 11) is 0. The summed E-state index contributed by atoms with van der Waals surface area (Å²) in [5.74, 6) is 0. The van der Waals surface area contributed by atoms with E-state index in [2.05, 4.69) is 11.5 Å². The van der Waals surface area contributed by atoms with E-state index in [0.717, 1.165) is 72.6 Å². The predicted molar refractivity (Wildman–Crippen MR) is 116 cm³/mol. The monoisotopic (exact) mass is 429 g/mol. The molecule has 0 radical (unpaired) electrons. The molecule has 1 fully saturated rings. The minimum atomic E-state index is -4.47. The number of allylic oxidation sites excluding steroid dienone is 2. The lowest BCUT2D eigenvalue weighted by Crippen LogP contribution is -2.28. The second-order valence-corrected chi connectivity index (χ2v) is 8.84. The first-order valence-corrected chi connectivity index (χ1v) is 11.1. The molecule has 2 aliphatic heterocycles. The van der Waals surface area contributed by atoms with Gasteiger partial charge in [0.25, 0.3) is 0 Å². The van der Waals surface area contributed by atoms with Crippen LogP contribution in [0.2, 0.25) is 0 Å². The number of hydrogen-bond donors (Lipinski definition) is 0. The summed E-state index contributed by atoms with van der Waals surface area (Å²) in [4.78, 5) is 3.12. The number of anilines is 2. The van der Waals surface area contributed by atoms with E-state index in [1.807, 2.05) is 17.5 Å². The molecule has 5 rings (SSSR count). The van der Waals surface area contributed by atoms with Gasteiger partial charge in [0.15, 0.2) is 0 Å². The van der Waals surface area contributed by atoms with Crippen molar-refractivity contribution in [3.8, 4) is 0 Å². The highest BCUT2D eigenvalue weighted by Crippen LogP contribution is 2.45. The van der Waals surface area contributed by atoms with Crippen molar-refractivity contribution < 1.29 is 13.2 Å². The molecule has 0 spiro atoms. The van der Waals surface area contributed by atoms with Crippen molar-refractivity contribution in [3.05, 3.63) is 69.6 Å². The zero-order valence-electron chi connectivity index (χ0n) is 16.5. The Morgan fingerprint density at radius 1 is 1.00 bits per heavy atom. The molecular weight excluding hydrogens is 407 g/mol. The highest BCUT2D eigenvalue weighted by molar-refractivity contribution is 7.12. The molecule has 7 heteroatoms. The Labute approximate surface area is 177 Å². The van der Waals surface area contributed by atoms with Crippen molar-refractivity contribution in [1.82, 2.24) is 0 Å². The maximum absolute atomic E-state index is 13.9. The number of halogens is 3. The van der Waals surface area contributed by atoms with Gasteiger partial charge in [-0.2, -0.15) is 18.3 Å². The third kappa shape index (κ3) is 3.25. The standard InChI is InChI=1S/C23H22F3N3S/c1-15-17-6-4-7-18(17)22(21-8-5-13-30-21)27-29(15)20-14-16(28-11-2-3-12-28)9-10-19(20)23(24,25)26/h5,8-10,13-14H,1-4,6-7,11-12H2. The van der Waals surface area contributed by atoms with Crippen LogP contribution in [0.1, 0.15) is 42.5 Å². The molecule has 30 heavy (non-hydrogen) atoms. The van der Waals surface area contributed by atoms with Gasteiger partial charge in [0, 0.05) is 18.8 Å². The van der Waals surface area contributed by atoms with Gasteiger partial charge >= 0.3 is 6.18 Å². The molecule has 156 valence electrons. The minimum Gasteiger partial charge on any atom is -0.371 e. The third-order valence-electron chi connectivity index (χ3n) is 6.05. The van der Waals surface area contributed by atoms with Gasteiger partial charge in [-0.3, -0.25) is 0 Å². The topological polar surface area (TPSA) is 18.8 Å². The van der Waals surface area contributed by atoms with E-state index in [4.69, 9.17) is 5.10 Å². The molecule has 0 unspecified atom stereocenters. The lowest BCUT2D eigenvalue weighted by Gasteiger charge is -2.31. The van der Waals surface area contributed by atoms with Crippen LogP contribution in [0.25, 0.3) is 0 Å². The van der Waals surface area contributed by atoms with Crippen LogP contribution in [0.5, 0.6) is 0 Å². The van der Waals surface area contributed by atoms with Crippen molar-refractivity contribution in [2.45, 2.75) is 38.3 Å². The van der Waals surface area contributed by atoms with Crippen molar-refractivity contribution in [1.29, 1.82) is 0 Å². The van der Waals surface area contributed by atoms with Crippen LogP contribution in [0, 0.1) is 0 Å². The summed E-state index contributed by atoms with van der Waals surface area (Å²) in [6, 6.07) is 8.32. The molecule has 0 N–H and O–H groups in total. The molecule has 1 aromatic heterocycles. The molecule has 3 heterocycles. The van der Waals surface area contributed by atoms with Gasteiger partial charge in [0.05, 0.1) is 21.8 Å². The second kappa shape index (κ2) is 7.30. The summed E-state index contributed by atoms with van der Waals surface area (Å²) in [6.07, 6.45) is 0.332. The Kier molecular flexibility index (Phi) is 4.73. The van der Waals surface area contributed by atoms with Gasteiger partial charge in [-0.25, -0.2) is 5.01 Å². The Morgan fingerprint density at radius 2 is 1.77 bits per heavy atom. The van der Waals surface area contributed by atoms with Gasteiger partial charge in [-0.1, -0.05) is 12.6 Å². The number of hydrogen-bond acceptors (Lipinski definition) is 4. The fraction of sp³-hybridized carbons (Fsp3) is 0.348. The van der Waals surface area contributed by atoms with Crippen LogP contribution >= 0.6 is 11.3 Å². The largest absolute Gasteiger partial charge is 0.418 e. The lowest BCUT2D eigenvalue weighted by atomic mass is 10.00. The minimum absolute atomic E-state index is 0.0596. The maximum atomic E-state index is 13.9. The first-order valence-electron chi connectivity index (χ1n) is 10.2. The molecule has 1 saturated heterocycles. The Hall–Kier alpha value is -2.54. The molecule has 0 atom stereocenters. The number of benzene rings is 1. The second-order valence-electron chi connectivity index (χ2n) is 7.89. The quantitative estimate of drug-likeness (QED) is 0.548. The van der Waals surface area contributed by atoms with Crippen molar-refractivity contribution >= 4 is 28.4 Å². The van der Waals surface area contributed by atoms with Crippen LogP contribution < -0.4 is 9.91 Å². The molecule has 1 aliphatic carbocycles. The maximum Gasteiger partial charge on any atom is 0.418 e. The van der Waals surface area contributed by atoms with E-state index in [-0.39, 0.29) is 5.69 Å². The van der Waals surface area contributed by atoms with Gasteiger partial charge in [0.2, 0.25) is 0 Å². The van der Waals surface area contributed by atoms with E-state index in [1.165, 1.54) is 11.1 Å². The summed E-state index contributed by atoms with van der Waals surface area (Å²) in [6.45, 7) is 5.90. The molecule has 1 aromatic carbocycles. The molecular formula is C23H22F3N3S. The lowest BCUT2D eigenvalue weighted by molar-refractivity contribution is -0.137. The Bertz CT molecular complexity index is 1040. The number of hydrazone groups is 1. The van der Waals surface area contributed by atoms with Crippen molar-refractivity contribution in [2.75, 3.05) is 23.0 Å². The molecule has 3 nitrogen and oxygen atoms in total. The van der Waals surface area contributed by atoms with Gasteiger partial charge in [-0.15, -0.1) is 11.3 Å². The van der Waals surface area contributed by atoms with Crippen LogP contribution in [0.4, 0.5) is 24.5 Å². The first kappa shape index (κ1) is 19.4. The summed E-state index contributed by atoms with van der Waals surface area (Å²) in [5.41, 5.74) is 3.70. The average molecular weight is 430 g/mol. The normalized spacial score (nSPS) is 19.6. The molecule has 2 aromatic rings. The van der Waals surface area contributed by atoms with Crippen LogP contribution in [0.15, 0.2) is 64.2 Å². The smallest absolute Gasteiger partial charge is 0.371 e. The fourth-order valence-electron chi connectivity index (χ4n) is 4.59. The van der Waals surface area contributed by atoms with Crippen LogP contribution in [-0.2, 0) is 6.18 Å². The summed E-state index contributed by atoms with van der Waals surface area (Å²) >= 11 is 1.56. The van der Waals surface area contributed by atoms with Gasteiger partial charge < -0.3 is 4.90 Å². The van der Waals surface area contributed by atoms with E-state index in [1.54, 1.807) is 23.5 Å². The SMILES string of the molecule is C=C1C2=C(CCC2)C(c2cccs2)=NN1c1cc(N2CCCC2)ccc1C(F)(F)F. The molecule has 0 saturated carbocycles. The zero-order valence-corrected chi connectivity index (χ0v) is 17.3. The summed E-state index contributed by atoms with van der Waals surface area (Å²) in [5, 5.41) is 8.14. The van der Waals surface area contributed by atoms with Crippen molar-refractivity contribution in [3.63, 3.8) is 0 Å². The average Bonchev–Trinajstić information content (AvgIpc) is 3.49. The van der Waals surface area contributed by atoms with Crippen molar-refractivity contribution in [2.24, 2.45) is 5.10 Å². The predicted octanol–water partition coefficient (Wildman–Crippen LogP) is 6.59. The molecule has 0 amide bonds. The van der Waals surface area contributed by atoms with E-state index in [0.29, 0.717) is 5.70 Å². The number of alkyl halides is 3. The Morgan fingerprint density at radius 3 is 2.47 bits per heavy atom. The van der Waals surface area contributed by atoms with E-state index in [9.17, 15) is 13.2 Å². The van der Waals surface area contributed by atoms with Gasteiger partial charge in [-0.05, 0) is 72.9 Å². The Balaban J connectivity index is 1.66. The highest BCUT2D eigenvalue weighted by atomic mass is 32.1. The fourth-order valence-corrected chi connectivity index (χ4v) is 5.33. The summed E-state index contributed by atoms with van der Waals surface area (Å²) < 4.78 is 41.8. The zero-order chi connectivity index (χ0) is 20.9. The van der Waals surface area contributed by atoms with Crippen LogP contribution in [0.3, 0.4) is 0 Å². The van der Waals surface area contributed by atoms with E-state index >= 15 is 0 Å². The highest BCUT2D eigenvalue weighted by Gasteiger charge is 2.38. The molecule has 0 bridgehead atoms.